The fraction of sp³-hybridized carbons (Fsp3) is 1.00. The minimum Gasteiger partial charge on any atom is -0.394 e. The van der Waals surface area contributed by atoms with Gasteiger partial charge in [-0.3, -0.25) is 0 Å². The zero-order valence-electron chi connectivity index (χ0n) is 8.03. The lowest BCUT2D eigenvalue weighted by Crippen LogP contribution is -2.53. The van der Waals surface area contributed by atoms with Crippen molar-refractivity contribution in [1.29, 1.82) is 0 Å². The Kier molecular flexibility index (Phi) is 3.09. The maximum atomic E-state index is 9.00. The lowest BCUT2D eigenvalue weighted by atomic mass is 9.82. The van der Waals surface area contributed by atoms with Crippen LogP contribution in [-0.2, 0) is 4.74 Å². The van der Waals surface area contributed by atoms with Crippen LogP contribution in [0.3, 0.4) is 0 Å². The van der Waals surface area contributed by atoms with Gasteiger partial charge in [-0.25, -0.2) is 0 Å². The molecule has 3 nitrogen and oxygen atoms in total. The maximum Gasteiger partial charge on any atom is 0.0849 e. The Bertz CT molecular complexity index is 147. The Balaban J connectivity index is 2.63. The molecule has 1 heterocycles. The summed E-state index contributed by atoms with van der Waals surface area (Å²) in [7, 11) is 0. The molecule has 0 bridgehead atoms. The van der Waals surface area contributed by atoms with E-state index in [9.17, 15) is 0 Å². The zero-order chi connectivity index (χ0) is 9.30. The van der Waals surface area contributed by atoms with Crippen molar-refractivity contribution in [2.45, 2.75) is 39.0 Å². The highest BCUT2D eigenvalue weighted by atomic mass is 16.5. The van der Waals surface area contributed by atoms with Gasteiger partial charge in [-0.05, 0) is 12.8 Å². The van der Waals surface area contributed by atoms with E-state index in [4.69, 9.17) is 15.6 Å². The molecule has 0 saturated carbocycles. The molecule has 0 spiro atoms. The maximum absolute atomic E-state index is 9.00. The Morgan fingerprint density at radius 3 is 2.33 bits per heavy atom. The number of ether oxygens (including phenoxy) is 1. The first kappa shape index (κ1) is 9.96. The molecule has 12 heavy (non-hydrogen) atoms. The highest BCUT2D eigenvalue weighted by molar-refractivity contribution is 4.88. The van der Waals surface area contributed by atoms with Gasteiger partial charge in [0, 0.05) is 12.0 Å². The van der Waals surface area contributed by atoms with E-state index in [1.54, 1.807) is 0 Å². The molecule has 1 saturated heterocycles. The van der Waals surface area contributed by atoms with Gasteiger partial charge in [0.1, 0.15) is 0 Å². The van der Waals surface area contributed by atoms with Crippen molar-refractivity contribution < 1.29 is 9.84 Å². The van der Waals surface area contributed by atoms with Crippen molar-refractivity contribution >= 4 is 0 Å². The molecule has 3 N–H and O–H groups in total. The van der Waals surface area contributed by atoms with Crippen LogP contribution in [0, 0.1) is 11.8 Å². The van der Waals surface area contributed by atoms with E-state index in [0.29, 0.717) is 5.92 Å². The van der Waals surface area contributed by atoms with Crippen LogP contribution in [0.5, 0.6) is 0 Å². The second kappa shape index (κ2) is 3.73. The molecule has 0 radical (unpaired) electrons. The first-order valence-corrected chi connectivity index (χ1v) is 4.59. The van der Waals surface area contributed by atoms with Crippen LogP contribution in [-0.4, -0.2) is 30.0 Å². The molecule has 0 aliphatic carbocycles. The third-order valence-electron chi connectivity index (χ3n) is 3.11. The third kappa shape index (κ3) is 1.63. The minimum absolute atomic E-state index is 0.0753. The Hall–Kier alpha value is -0.120. The van der Waals surface area contributed by atoms with Gasteiger partial charge < -0.3 is 15.6 Å². The second-order valence-corrected chi connectivity index (χ2v) is 3.86. The summed E-state index contributed by atoms with van der Waals surface area (Å²) in [5, 5.41) is 9.00. The summed E-state index contributed by atoms with van der Waals surface area (Å²) in [6.07, 6.45) is 0.0829. The predicted octanol–water partition coefficient (Wildman–Crippen LogP) is 0.365. The summed E-state index contributed by atoms with van der Waals surface area (Å²) in [5.41, 5.74) is 5.99. The molecule has 3 heteroatoms. The number of hydrogen-bond donors (Lipinski definition) is 2. The normalized spacial score (nSPS) is 49.2. The SMILES string of the molecule is C[C@@H]1[C@@H](N)[C@H](C)[C@@H](CO)O[C@@H]1C. The van der Waals surface area contributed by atoms with Crippen LogP contribution >= 0.6 is 0 Å². The van der Waals surface area contributed by atoms with Gasteiger partial charge in [0.2, 0.25) is 0 Å². The van der Waals surface area contributed by atoms with Crippen molar-refractivity contribution in [3.05, 3.63) is 0 Å². The highest BCUT2D eigenvalue weighted by Crippen LogP contribution is 2.28. The van der Waals surface area contributed by atoms with Gasteiger partial charge in [0.05, 0.1) is 18.8 Å². The van der Waals surface area contributed by atoms with Crippen LogP contribution in [0.1, 0.15) is 20.8 Å². The molecule has 0 aromatic carbocycles. The van der Waals surface area contributed by atoms with Crippen LogP contribution in [0.15, 0.2) is 0 Å². The average Bonchev–Trinajstić information content (AvgIpc) is 2.08. The fourth-order valence-electron chi connectivity index (χ4n) is 1.77. The standard InChI is InChI=1S/C9H19NO2/c1-5-7(3)12-8(4-11)6(2)9(5)10/h5-9,11H,4,10H2,1-3H3/t5-,6+,7+,8+,9+/m0/s1. The van der Waals surface area contributed by atoms with Gasteiger partial charge in [-0.15, -0.1) is 0 Å². The van der Waals surface area contributed by atoms with Gasteiger partial charge in [0.15, 0.2) is 0 Å². The molecule has 1 aliphatic heterocycles. The number of rotatable bonds is 1. The first-order valence-electron chi connectivity index (χ1n) is 4.59. The van der Waals surface area contributed by atoms with E-state index in [1.807, 2.05) is 13.8 Å². The molecule has 5 atom stereocenters. The van der Waals surface area contributed by atoms with E-state index in [0.717, 1.165) is 0 Å². The van der Waals surface area contributed by atoms with E-state index >= 15 is 0 Å². The molecular weight excluding hydrogens is 154 g/mol. The van der Waals surface area contributed by atoms with Gasteiger partial charge in [0.25, 0.3) is 0 Å². The van der Waals surface area contributed by atoms with Crippen LogP contribution in [0.4, 0.5) is 0 Å². The fourth-order valence-corrected chi connectivity index (χ4v) is 1.77. The number of hydrogen-bond acceptors (Lipinski definition) is 3. The first-order chi connectivity index (χ1) is 5.57. The molecule has 1 rings (SSSR count). The summed E-state index contributed by atoms with van der Waals surface area (Å²) in [4.78, 5) is 0. The molecule has 1 aliphatic rings. The molecule has 0 amide bonds. The zero-order valence-corrected chi connectivity index (χ0v) is 8.03. The second-order valence-electron chi connectivity index (χ2n) is 3.86. The van der Waals surface area contributed by atoms with Crippen molar-refractivity contribution in [2.24, 2.45) is 17.6 Å². The highest BCUT2D eigenvalue weighted by Gasteiger charge is 2.36. The van der Waals surface area contributed by atoms with Gasteiger partial charge >= 0.3 is 0 Å². The van der Waals surface area contributed by atoms with Crippen LogP contribution in [0.25, 0.3) is 0 Å². The van der Waals surface area contributed by atoms with Gasteiger partial charge in [-0.2, -0.15) is 0 Å². The number of aliphatic hydroxyl groups excluding tert-OH is 1. The molecule has 72 valence electrons. The Morgan fingerprint density at radius 1 is 1.25 bits per heavy atom. The molecular formula is C9H19NO2. The van der Waals surface area contributed by atoms with E-state index in [2.05, 4.69) is 6.92 Å². The summed E-state index contributed by atoms with van der Waals surface area (Å²) >= 11 is 0. The Labute approximate surface area is 73.9 Å². The van der Waals surface area contributed by atoms with Crippen molar-refractivity contribution in [3.8, 4) is 0 Å². The lowest BCUT2D eigenvalue weighted by Gasteiger charge is -2.41. The van der Waals surface area contributed by atoms with Crippen LogP contribution in [0.2, 0.25) is 0 Å². The molecule has 0 unspecified atom stereocenters. The number of nitrogens with two attached hydrogens (primary N) is 1. The summed E-state index contributed by atoms with van der Waals surface area (Å²) in [6, 6.07) is 0.144. The van der Waals surface area contributed by atoms with Crippen LogP contribution < -0.4 is 5.73 Å². The van der Waals surface area contributed by atoms with E-state index in [1.165, 1.54) is 0 Å². The van der Waals surface area contributed by atoms with Crippen molar-refractivity contribution in [1.82, 2.24) is 0 Å². The molecule has 1 fully saturated rings. The minimum atomic E-state index is -0.0776. The summed E-state index contributed by atoms with van der Waals surface area (Å²) in [6.45, 7) is 6.22. The third-order valence-corrected chi connectivity index (χ3v) is 3.11. The van der Waals surface area contributed by atoms with Gasteiger partial charge in [-0.1, -0.05) is 13.8 Å². The topological polar surface area (TPSA) is 55.5 Å². The van der Waals surface area contributed by atoms with Crippen molar-refractivity contribution in [2.75, 3.05) is 6.61 Å². The predicted molar refractivity (Wildman–Crippen MR) is 47.7 cm³/mol. The number of aliphatic hydroxyl groups is 1. The largest absolute Gasteiger partial charge is 0.394 e. The van der Waals surface area contributed by atoms with E-state index < -0.39 is 0 Å². The monoisotopic (exact) mass is 173 g/mol. The van der Waals surface area contributed by atoms with E-state index in [-0.39, 0.29) is 30.8 Å². The summed E-state index contributed by atoms with van der Waals surface area (Å²) in [5.74, 6) is 0.629. The lowest BCUT2D eigenvalue weighted by molar-refractivity contribution is -0.124. The Morgan fingerprint density at radius 2 is 1.83 bits per heavy atom. The smallest absolute Gasteiger partial charge is 0.0849 e. The average molecular weight is 173 g/mol. The van der Waals surface area contributed by atoms with Crippen molar-refractivity contribution in [3.63, 3.8) is 0 Å². The quantitative estimate of drug-likeness (QED) is 0.602. The molecule has 0 aromatic heterocycles. The molecule has 0 aromatic rings. The summed E-state index contributed by atoms with van der Waals surface area (Å²) < 4.78 is 5.60.